The summed E-state index contributed by atoms with van der Waals surface area (Å²) in [5, 5.41) is 9.03. The van der Waals surface area contributed by atoms with Crippen LogP contribution in [-0.2, 0) is 9.47 Å². The molecule has 2 saturated heterocycles. The normalized spacial score (nSPS) is 38.4. The first-order valence-electron chi connectivity index (χ1n) is 5.88. The zero-order chi connectivity index (χ0) is 10.7. The molecule has 0 aromatic carbocycles. The molecule has 0 aromatic rings. The third-order valence-corrected chi connectivity index (χ3v) is 3.21. The van der Waals surface area contributed by atoms with E-state index in [0.29, 0.717) is 12.2 Å². The van der Waals surface area contributed by atoms with Crippen molar-refractivity contribution in [2.45, 2.75) is 38.1 Å². The number of morpholine rings is 1. The Morgan fingerprint density at radius 3 is 2.87 bits per heavy atom. The maximum Gasteiger partial charge on any atom is 0.0932 e. The quantitative estimate of drug-likeness (QED) is 0.732. The van der Waals surface area contributed by atoms with E-state index < -0.39 is 0 Å². The highest BCUT2D eigenvalue weighted by atomic mass is 16.5. The van der Waals surface area contributed by atoms with Crippen LogP contribution in [0.15, 0.2) is 0 Å². The van der Waals surface area contributed by atoms with Crippen LogP contribution in [-0.4, -0.2) is 61.2 Å². The van der Waals surface area contributed by atoms with Gasteiger partial charge in [-0.05, 0) is 19.8 Å². The van der Waals surface area contributed by atoms with E-state index >= 15 is 0 Å². The first-order valence-corrected chi connectivity index (χ1v) is 5.88. The highest BCUT2D eigenvalue weighted by Crippen LogP contribution is 2.20. The van der Waals surface area contributed by atoms with Crippen molar-refractivity contribution in [2.75, 3.05) is 32.8 Å². The molecule has 4 heteroatoms. The summed E-state index contributed by atoms with van der Waals surface area (Å²) in [6.07, 6.45) is 3.15. The molecule has 0 radical (unpaired) electrons. The Kier molecular flexibility index (Phi) is 3.97. The molecular weight excluding hydrogens is 194 g/mol. The van der Waals surface area contributed by atoms with E-state index in [0.717, 1.165) is 26.2 Å². The predicted octanol–water partition coefficient (Wildman–Crippen LogP) is 0.247. The summed E-state index contributed by atoms with van der Waals surface area (Å²) in [6, 6.07) is 0. The van der Waals surface area contributed by atoms with Crippen molar-refractivity contribution in [3.63, 3.8) is 0 Å². The van der Waals surface area contributed by atoms with Crippen LogP contribution in [0.3, 0.4) is 0 Å². The van der Waals surface area contributed by atoms with Crippen LogP contribution in [0.25, 0.3) is 0 Å². The van der Waals surface area contributed by atoms with Crippen molar-refractivity contribution in [3.05, 3.63) is 0 Å². The molecule has 0 aliphatic carbocycles. The van der Waals surface area contributed by atoms with E-state index in [4.69, 9.17) is 14.6 Å². The van der Waals surface area contributed by atoms with Gasteiger partial charge >= 0.3 is 0 Å². The van der Waals surface area contributed by atoms with Gasteiger partial charge in [-0.25, -0.2) is 0 Å². The monoisotopic (exact) mass is 215 g/mol. The minimum absolute atomic E-state index is 0.00224. The van der Waals surface area contributed by atoms with Crippen LogP contribution < -0.4 is 0 Å². The highest BCUT2D eigenvalue weighted by Gasteiger charge is 2.26. The van der Waals surface area contributed by atoms with Gasteiger partial charge in [0.15, 0.2) is 0 Å². The minimum Gasteiger partial charge on any atom is -0.394 e. The second-order valence-electron chi connectivity index (χ2n) is 4.58. The second-order valence-corrected chi connectivity index (χ2v) is 4.58. The van der Waals surface area contributed by atoms with Crippen molar-refractivity contribution in [3.8, 4) is 0 Å². The molecule has 2 aliphatic rings. The number of hydrogen-bond acceptors (Lipinski definition) is 4. The molecule has 88 valence electrons. The lowest BCUT2D eigenvalue weighted by atomic mass is 10.2. The predicted molar refractivity (Wildman–Crippen MR) is 56.8 cm³/mol. The summed E-state index contributed by atoms with van der Waals surface area (Å²) < 4.78 is 11.2. The van der Waals surface area contributed by atoms with Crippen LogP contribution in [0.4, 0.5) is 0 Å². The average Bonchev–Trinajstić information content (AvgIpc) is 2.64. The molecule has 2 aliphatic heterocycles. The fourth-order valence-electron chi connectivity index (χ4n) is 2.36. The first-order chi connectivity index (χ1) is 7.28. The van der Waals surface area contributed by atoms with E-state index in [9.17, 15) is 0 Å². The standard InChI is InChI=1S/C11H21NO3/c1-9-2-3-10(15-9)6-12-4-5-14-11(7-12)8-13/h9-11,13H,2-8H2,1H3. The zero-order valence-corrected chi connectivity index (χ0v) is 9.39. The third-order valence-electron chi connectivity index (χ3n) is 3.21. The zero-order valence-electron chi connectivity index (χ0n) is 9.39. The third kappa shape index (κ3) is 3.14. The fraction of sp³-hybridized carbons (Fsp3) is 1.00. The number of aliphatic hydroxyl groups is 1. The smallest absolute Gasteiger partial charge is 0.0932 e. The highest BCUT2D eigenvalue weighted by molar-refractivity contribution is 4.78. The molecule has 15 heavy (non-hydrogen) atoms. The summed E-state index contributed by atoms with van der Waals surface area (Å²) in [7, 11) is 0. The average molecular weight is 215 g/mol. The Hall–Kier alpha value is -0.160. The van der Waals surface area contributed by atoms with Gasteiger partial charge in [0.2, 0.25) is 0 Å². The number of ether oxygens (including phenoxy) is 2. The molecule has 4 nitrogen and oxygen atoms in total. The van der Waals surface area contributed by atoms with Crippen molar-refractivity contribution in [1.82, 2.24) is 4.90 Å². The Balaban J connectivity index is 1.74. The van der Waals surface area contributed by atoms with Crippen molar-refractivity contribution < 1.29 is 14.6 Å². The van der Waals surface area contributed by atoms with Crippen molar-refractivity contribution in [1.29, 1.82) is 0 Å². The van der Waals surface area contributed by atoms with Gasteiger partial charge in [-0.15, -0.1) is 0 Å². The van der Waals surface area contributed by atoms with Crippen molar-refractivity contribution >= 4 is 0 Å². The molecule has 0 bridgehead atoms. The molecule has 0 spiro atoms. The topological polar surface area (TPSA) is 41.9 Å². The Labute approximate surface area is 91.2 Å². The fourth-order valence-corrected chi connectivity index (χ4v) is 2.36. The number of aliphatic hydroxyl groups excluding tert-OH is 1. The van der Waals surface area contributed by atoms with Crippen LogP contribution in [0.5, 0.6) is 0 Å². The first kappa shape index (κ1) is 11.3. The number of hydrogen-bond donors (Lipinski definition) is 1. The summed E-state index contributed by atoms with van der Waals surface area (Å²) in [4.78, 5) is 2.34. The summed E-state index contributed by atoms with van der Waals surface area (Å²) >= 11 is 0. The molecule has 2 heterocycles. The van der Waals surface area contributed by atoms with Crippen LogP contribution in [0.1, 0.15) is 19.8 Å². The Bertz CT molecular complexity index is 200. The number of nitrogens with zero attached hydrogens (tertiary/aromatic N) is 1. The number of rotatable bonds is 3. The Morgan fingerprint density at radius 2 is 2.20 bits per heavy atom. The second kappa shape index (κ2) is 5.25. The molecule has 0 amide bonds. The van der Waals surface area contributed by atoms with Gasteiger partial charge in [0, 0.05) is 19.6 Å². The van der Waals surface area contributed by atoms with Crippen molar-refractivity contribution in [2.24, 2.45) is 0 Å². The molecule has 3 atom stereocenters. The molecular formula is C11H21NO3. The van der Waals surface area contributed by atoms with E-state index in [1.54, 1.807) is 0 Å². The molecule has 3 unspecified atom stereocenters. The molecule has 1 N–H and O–H groups in total. The summed E-state index contributed by atoms with van der Waals surface area (Å²) in [6.45, 7) is 5.78. The van der Waals surface area contributed by atoms with Gasteiger partial charge < -0.3 is 14.6 Å². The summed E-state index contributed by atoms with van der Waals surface area (Å²) in [5.41, 5.74) is 0. The SMILES string of the molecule is CC1CCC(CN2CCOC(CO)C2)O1. The Morgan fingerprint density at radius 1 is 1.33 bits per heavy atom. The van der Waals surface area contributed by atoms with E-state index in [2.05, 4.69) is 11.8 Å². The lowest BCUT2D eigenvalue weighted by molar-refractivity contribution is -0.0665. The minimum atomic E-state index is -0.00224. The lowest BCUT2D eigenvalue weighted by Crippen LogP contribution is -2.46. The van der Waals surface area contributed by atoms with Crippen LogP contribution >= 0.6 is 0 Å². The van der Waals surface area contributed by atoms with Gasteiger partial charge in [0.05, 0.1) is 31.5 Å². The summed E-state index contributed by atoms with van der Waals surface area (Å²) in [5.74, 6) is 0. The molecule has 0 aromatic heterocycles. The maximum absolute atomic E-state index is 9.03. The largest absolute Gasteiger partial charge is 0.394 e. The van der Waals surface area contributed by atoms with Gasteiger partial charge in [-0.2, -0.15) is 0 Å². The van der Waals surface area contributed by atoms with Crippen LogP contribution in [0.2, 0.25) is 0 Å². The lowest BCUT2D eigenvalue weighted by Gasteiger charge is -2.33. The van der Waals surface area contributed by atoms with Gasteiger partial charge in [-0.1, -0.05) is 0 Å². The molecule has 0 saturated carbocycles. The van der Waals surface area contributed by atoms with E-state index in [1.807, 2.05) is 0 Å². The van der Waals surface area contributed by atoms with Gasteiger partial charge in [0.1, 0.15) is 0 Å². The van der Waals surface area contributed by atoms with Crippen LogP contribution in [0, 0.1) is 0 Å². The van der Waals surface area contributed by atoms with E-state index in [-0.39, 0.29) is 12.7 Å². The molecule has 2 fully saturated rings. The maximum atomic E-state index is 9.03. The van der Waals surface area contributed by atoms with E-state index in [1.165, 1.54) is 12.8 Å². The van der Waals surface area contributed by atoms with Gasteiger partial charge in [0.25, 0.3) is 0 Å². The molecule has 2 rings (SSSR count). The van der Waals surface area contributed by atoms with Gasteiger partial charge in [-0.3, -0.25) is 4.90 Å².